The third kappa shape index (κ3) is 3.73. The minimum absolute atomic E-state index is 0.0247. The Hall–Kier alpha value is -0.620. The molecule has 0 saturated carbocycles. The normalized spacial score (nSPS) is 27.9. The first-order chi connectivity index (χ1) is 9.53. The number of carboxylic acid groups (broad SMARTS) is 1. The standard InChI is InChI=1S/C13H18Cl2N2O3/c14-10-8-16-9-13(15,11(10)12(18)19)20-7-6-17-4-2-1-3-5-17/h8H,1-7,9H2,(H,18,19). The summed E-state index contributed by atoms with van der Waals surface area (Å²) in [4.78, 5) is 17.5. The number of aliphatic imine (C=N–C) groups is 1. The third-order valence-corrected chi connectivity index (χ3v) is 4.22. The Balaban J connectivity index is 1.93. The van der Waals surface area contributed by atoms with Gasteiger partial charge >= 0.3 is 5.97 Å². The number of likely N-dealkylation sites (tertiary alicyclic amines) is 1. The van der Waals surface area contributed by atoms with Crippen LogP contribution in [-0.2, 0) is 9.53 Å². The van der Waals surface area contributed by atoms with Crippen LogP contribution in [0.25, 0.3) is 0 Å². The van der Waals surface area contributed by atoms with E-state index in [0.29, 0.717) is 6.61 Å². The Morgan fingerprint density at radius 2 is 2.15 bits per heavy atom. The Bertz CT molecular complexity index is 433. The van der Waals surface area contributed by atoms with Crippen LogP contribution in [0, 0.1) is 0 Å². The summed E-state index contributed by atoms with van der Waals surface area (Å²) in [7, 11) is 0. The Morgan fingerprint density at radius 3 is 2.80 bits per heavy atom. The number of allylic oxidation sites excluding steroid dienone is 1. The summed E-state index contributed by atoms with van der Waals surface area (Å²) in [5.74, 6) is -1.17. The number of carboxylic acids is 1. The number of rotatable bonds is 5. The van der Waals surface area contributed by atoms with Crippen LogP contribution < -0.4 is 0 Å². The first-order valence-electron chi connectivity index (χ1n) is 6.71. The zero-order chi connectivity index (χ0) is 14.6. The Kier molecular flexibility index (Phi) is 5.43. The first kappa shape index (κ1) is 15.8. The van der Waals surface area contributed by atoms with Crippen LogP contribution in [0.1, 0.15) is 19.3 Å². The van der Waals surface area contributed by atoms with Gasteiger partial charge in [0.2, 0.25) is 0 Å². The molecule has 1 saturated heterocycles. The van der Waals surface area contributed by atoms with Gasteiger partial charge in [0.05, 0.1) is 18.2 Å². The molecule has 0 amide bonds. The van der Waals surface area contributed by atoms with Gasteiger partial charge in [0.15, 0.2) is 5.06 Å². The first-order valence-corrected chi connectivity index (χ1v) is 7.47. The highest BCUT2D eigenvalue weighted by atomic mass is 35.5. The van der Waals surface area contributed by atoms with Crippen LogP contribution in [0.4, 0.5) is 0 Å². The number of aliphatic carboxylic acids is 1. The molecule has 2 aliphatic heterocycles. The van der Waals surface area contributed by atoms with Crippen molar-refractivity contribution in [3.05, 3.63) is 10.6 Å². The molecule has 2 aliphatic rings. The predicted octanol–water partition coefficient (Wildman–Crippen LogP) is 2.09. The van der Waals surface area contributed by atoms with E-state index in [9.17, 15) is 9.90 Å². The van der Waals surface area contributed by atoms with Crippen molar-refractivity contribution in [1.82, 2.24) is 4.90 Å². The highest BCUT2D eigenvalue weighted by Gasteiger charge is 2.41. The quantitative estimate of drug-likeness (QED) is 0.788. The van der Waals surface area contributed by atoms with Crippen molar-refractivity contribution in [3.8, 4) is 0 Å². The number of hydrogen-bond donors (Lipinski definition) is 1. The molecular formula is C13H18Cl2N2O3. The number of hydrogen-bond acceptors (Lipinski definition) is 4. The van der Waals surface area contributed by atoms with Crippen molar-refractivity contribution >= 4 is 35.4 Å². The van der Waals surface area contributed by atoms with Gasteiger partial charge in [0.25, 0.3) is 0 Å². The van der Waals surface area contributed by atoms with Crippen LogP contribution in [-0.4, -0.2) is 60.0 Å². The third-order valence-electron chi connectivity index (χ3n) is 3.51. The molecular weight excluding hydrogens is 303 g/mol. The second-order valence-electron chi connectivity index (χ2n) is 4.98. The fourth-order valence-electron chi connectivity index (χ4n) is 2.46. The fraction of sp³-hybridized carbons (Fsp3) is 0.692. The summed E-state index contributed by atoms with van der Waals surface area (Å²) in [6.45, 7) is 3.27. The van der Waals surface area contributed by atoms with E-state index >= 15 is 0 Å². The van der Waals surface area contributed by atoms with Crippen molar-refractivity contribution in [1.29, 1.82) is 0 Å². The number of carbonyl (C=O) groups is 1. The number of ether oxygens (including phenoxy) is 1. The van der Waals surface area contributed by atoms with Crippen molar-refractivity contribution in [2.24, 2.45) is 4.99 Å². The monoisotopic (exact) mass is 320 g/mol. The minimum Gasteiger partial charge on any atom is -0.478 e. The van der Waals surface area contributed by atoms with Crippen LogP contribution in [0.3, 0.4) is 0 Å². The van der Waals surface area contributed by atoms with E-state index in [1.54, 1.807) is 0 Å². The molecule has 0 aromatic rings. The summed E-state index contributed by atoms with van der Waals surface area (Å²) >= 11 is 12.1. The molecule has 0 aromatic carbocycles. The second-order valence-corrected chi connectivity index (χ2v) is 5.99. The molecule has 0 aromatic heterocycles. The molecule has 112 valence electrons. The summed E-state index contributed by atoms with van der Waals surface area (Å²) < 4.78 is 5.60. The molecule has 7 heteroatoms. The zero-order valence-electron chi connectivity index (χ0n) is 11.1. The van der Waals surface area contributed by atoms with Crippen LogP contribution in [0.15, 0.2) is 15.6 Å². The molecule has 0 bridgehead atoms. The zero-order valence-corrected chi connectivity index (χ0v) is 12.7. The average Bonchev–Trinajstić information content (AvgIpc) is 2.39. The van der Waals surface area contributed by atoms with Gasteiger partial charge in [0.1, 0.15) is 5.57 Å². The van der Waals surface area contributed by atoms with E-state index in [4.69, 9.17) is 27.9 Å². The lowest BCUT2D eigenvalue weighted by Crippen LogP contribution is -2.41. The summed E-state index contributed by atoms with van der Waals surface area (Å²) in [6, 6.07) is 0. The number of alkyl halides is 1. The molecule has 1 fully saturated rings. The van der Waals surface area contributed by atoms with E-state index in [1.807, 2.05) is 0 Å². The molecule has 2 rings (SSSR count). The largest absolute Gasteiger partial charge is 0.478 e. The van der Waals surface area contributed by atoms with Crippen LogP contribution in [0.5, 0.6) is 0 Å². The molecule has 0 radical (unpaired) electrons. The van der Waals surface area contributed by atoms with Gasteiger partial charge in [-0.05, 0) is 25.9 Å². The van der Waals surface area contributed by atoms with E-state index in [0.717, 1.165) is 19.6 Å². The smallest absolute Gasteiger partial charge is 0.337 e. The fourth-order valence-corrected chi connectivity index (χ4v) is 3.14. The van der Waals surface area contributed by atoms with Gasteiger partial charge in [0, 0.05) is 12.8 Å². The maximum absolute atomic E-state index is 11.3. The highest BCUT2D eigenvalue weighted by molar-refractivity contribution is 6.43. The van der Waals surface area contributed by atoms with Crippen molar-refractivity contribution < 1.29 is 14.6 Å². The van der Waals surface area contributed by atoms with E-state index in [2.05, 4.69) is 9.89 Å². The lowest BCUT2D eigenvalue weighted by Gasteiger charge is -2.31. The van der Waals surface area contributed by atoms with Crippen LogP contribution >= 0.6 is 23.2 Å². The SMILES string of the molecule is O=C(O)C1=C(Cl)C=NCC1(Cl)OCCN1CCCCC1. The molecule has 20 heavy (non-hydrogen) atoms. The van der Waals surface area contributed by atoms with Gasteiger partial charge in [-0.1, -0.05) is 29.6 Å². The van der Waals surface area contributed by atoms with Crippen molar-refractivity contribution in [3.63, 3.8) is 0 Å². The topological polar surface area (TPSA) is 62.1 Å². The molecule has 5 nitrogen and oxygen atoms in total. The van der Waals surface area contributed by atoms with E-state index in [-0.39, 0.29) is 17.2 Å². The highest BCUT2D eigenvalue weighted by Crippen LogP contribution is 2.33. The van der Waals surface area contributed by atoms with Crippen LogP contribution in [0.2, 0.25) is 0 Å². The lowest BCUT2D eigenvalue weighted by molar-refractivity contribution is -0.134. The number of halogens is 2. The molecule has 0 spiro atoms. The van der Waals surface area contributed by atoms with Gasteiger partial charge in [-0.15, -0.1) is 0 Å². The van der Waals surface area contributed by atoms with Gasteiger partial charge in [-0.25, -0.2) is 4.79 Å². The molecule has 0 aliphatic carbocycles. The predicted molar refractivity (Wildman–Crippen MR) is 78.7 cm³/mol. The summed E-state index contributed by atoms with van der Waals surface area (Å²) in [6.07, 6.45) is 4.97. The van der Waals surface area contributed by atoms with E-state index < -0.39 is 11.0 Å². The molecule has 2 heterocycles. The van der Waals surface area contributed by atoms with E-state index in [1.165, 1.54) is 25.5 Å². The van der Waals surface area contributed by atoms with Gasteiger partial charge in [-0.3, -0.25) is 4.99 Å². The Labute approximate surface area is 128 Å². The molecule has 1 unspecified atom stereocenters. The maximum Gasteiger partial charge on any atom is 0.337 e. The number of nitrogens with zero attached hydrogens (tertiary/aromatic N) is 2. The average molecular weight is 321 g/mol. The molecule has 1 atom stereocenters. The lowest BCUT2D eigenvalue weighted by atomic mass is 10.1. The molecule has 1 N–H and O–H groups in total. The van der Waals surface area contributed by atoms with Crippen molar-refractivity contribution in [2.45, 2.75) is 24.3 Å². The number of piperidine rings is 1. The minimum atomic E-state index is -1.46. The Morgan fingerprint density at radius 1 is 1.45 bits per heavy atom. The van der Waals surface area contributed by atoms with Crippen molar-refractivity contribution in [2.75, 3.05) is 32.8 Å². The summed E-state index contributed by atoms with van der Waals surface area (Å²) in [5.41, 5.74) is -0.130. The second kappa shape index (κ2) is 6.89. The van der Waals surface area contributed by atoms with Gasteiger partial charge < -0.3 is 14.7 Å². The van der Waals surface area contributed by atoms with Gasteiger partial charge in [-0.2, -0.15) is 0 Å². The number of dihydropyridines is 1. The maximum atomic E-state index is 11.3. The summed E-state index contributed by atoms with van der Waals surface area (Å²) in [5, 5.41) is 7.77.